The SMILES string of the molecule is Cc1nc(=O)[nH]c(C)c1CC(=O)NCc1cn[nH]c1C. The van der Waals surface area contributed by atoms with Gasteiger partial charge >= 0.3 is 5.69 Å². The van der Waals surface area contributed by atoms with E-state index >= 15 is 0 Å². The van der Waals surface area contributed by atoms with Crippen molar-refractivity contribution in [2.75, 3.05) is 0 Å². The van der Waals surface area contributed by atoms with Crippen LogP contribution in [-0.4, -0.2) is 26.1 Å². The van der Waals surface area contributed by atoms with Crippen molar-refractivity contribution >= 4 is 5.91 Å². The van der Waals surface area contributed by atoms with Crippen LogP contribution in [0.15, 0.2) is 11.0 Å². The van der Waals surface area contributed by atoms with Gasteiger partial charge in [-0.25, -0.2) is 4.79 Å². The normalized spacial score (nSPS) is 10.6. The van der Waals surface area contributed by atoms with Crippen LogP contribution >= 0.6 is 0 Å². The number of aryl methyl sites for hydroxylation is 3. The molecule has 0 bridgehead atoms. The molecular formula is C13H17N5O2. The second-order valence-electron chi connectivity index (χ2n) is 4.70. The van der Waals surface area contributed by atoms with E-state index in [1.807, 2.05) is 6.92 Å². The molecule has 3 N–H and O–H groups in total. The molecule has 0 saturated carbocycles. The fourth-order valence-corrected chi connectivity index (χ4v) is 1.99. The number of aromatic amines is 2. The van der Waals surface area contributed by atoms with E-state index < -0.39 is 5.69 Å². The Morgan fingerprint density at radius 3 is 2.65 bits per heavy atom. The highest BCUT2D eigenvalue weighted by Crippen LogP contribution is 2.08. The van der Waals surface area contributed by atoms with Gasteiger partial charge in [-0.15, -0.1) is 0 Å². The average molecular weight is 275 g/mol. The molecule has 7 nitrogen and oxygen atoms in total. The van der Waals surface area contributed by atoms with Gasteiger partial charge in [-0.2, -0.15) is 10.1 Å². The number of hydrogen-bond acceptors (Lipinski definition) is 4. The summed E-state index contributed by atoms with van der Waals surface area (Å²) in [6.07, 6.45) is 1.88. The van der Waals surface area contributed by atoms with Crippen molar-refractivity contribution in [2.24, 2.45) is 0 Å². The van der Waals surface area contributed by atoms with E-state index in [1.165, 1.54) is 0 Å². The van der Waals surface area contributed by atoms with E-state index in [2.05, 4.69) is 25.5 Å². The van der Waals surface area contributed by atoms with Crippen LogP contribution in [0.3, 0.4) is 0 Å². The van der Waals surface area contributed by atoms with Crippen LogP contribution in [0.25, 0.3) is 0 Å². The monoisotopic (exact) mass is 275 g/mol. The zero-order valence-electron chi connectivity index (χ0n) is 11.7. The third-order valence-corrected chi connectivity index (χ3v) is 3.20. The van der Waals surface area contributed by atoms with Gasteiger partial charge in [0.2, 0.25) is 5.91 Å². The topological polar surface area (TPSA) is 104 Å². The Kier molecular flexibility index (Phi) is 3.97. The van der Waals surface area contributed by atoms with Gasteiger partial charge in [0.15, 0.2) is 0 Å². The average Bonchev–Trinajstić information content (AvgIpc) is 2.77. The molecule has 2 aromatic heterocycles. The summed E-state index contributed by atoms with van der Waals surface area (Å²) in [6, 6.07) is 0. The standard InChI is InChI=1S/C13H17N5O2/c1-7-10(6-15-18-7)5-14-12(19)4-11-8(2)16-13(20)17-9(11)3/h6H,4-5H2,1-3H3,(H,14,19)(H,15,18)(H,16,17,20). The molecule has 20 heavy (non-hydrogen) atoms. The molecule has 2 heterocycles. The van der Waals surface area contributed by atoms with Crippen LogP contribution < -0.4 is 11.0 Å². The number of H-pyrrole nitrogens is 2. The molecule has 7 heteroatoms. The molecule has 0 aliphatic rings. The Balaban J connectivity index is 2.02. The summed E-state index contributed by atoms with van der Waals surface area (Å²) in [7, 11) is 0. The molecular weight excluding hydrogens is 258 g/mol. The summed E-state index contributed by atoms with van der Waals surface area (Å²) < 4.78 is 0. The lowest BCUT2D eigenvalue weighted by molar-refractivity contribution is -0.120. The Labute approximate surface area is 115 Å². The van der Waals surface area contributed by atoms with Crippen molar-refractivity contribution in [2.45, 2.75) is 33.7 Å². The highest BCUT2D eigenvalue weighted by Gasteiger charge is 2.11. The predicted octanol–water partition coefficient (Wildman–Crippen LogP) is 0.277. The number of nitrogens with zero attached hydrogens (tertiary/aromatic N) is 2. The Hall–Kier alpha value is -2.44. The minimum absolute atomic E-state index is 0.120. The van der Waals surface area contributed by atoms with Gasteiger partial charge in [-0.3, -0.25) is 9.89 Å². The van der Waals surface area contributed by atoms with Gasteiger partial charge in [0.1, 0.15) is 0 Å². The van der Waals surface area contributed by atoms with Gasteiger partial charge in [0.05, 0.1) is 12.6 Å². The van der Waals surface area contributed by atoms with E-state index in [9.17, 15) is 9.59 Å². The zero-order valence-corrected chi connectivity index (χ0v) is 11.7. The van der Waals surface area contributed by atoms with E-state index in [-0.39, 0.29) is 12.3 Å². The number of aromatic nitrogens is 4. The molecule has 0 unspecified atom stereocenters. The zero-order chi connectivity index (χ0) is 14.7. The number of rotatable bonds is 4. The second-order valence-corrected chi connectivity index (χ2v) is 4.70. The number of carbonyl (C=O) groups excluding carboxylic acids is 1. The molecule has 2 rings (SSSR count). The van der Waals surface area contributed by atoms with Crippen molar-refractivity contribution in [1.29, 1.82) is 0 Å². The summed E-state index contributed by atoms with van der Waals surface area (Å²) >= 11 is 0. The lowest BCUT2D eigenvalue weighted by Crippen LogP contribution is -2.27. The molecule has 0 spiro atoms. The Morgan fingerprint density at radius 1 is 1.30 bits per heavy atom. The summed E-state index contributed by atoms with van der Waals surface area (Å²) in [5.74, 6) is -0.120. The molecule has 0 atom stereocenters. The maximum Gasteiger partial charge on any atom is 0.345 e. The first-order valence-electron chi connectivity index (χ1n) is 6.29. The lowest BCUT2D eigenvalue weighted by Gasteiger charge is -2.08. The molecule has 0 fully saturated rings. The number of amides is 1. The Morgan fingerprint density at radius 2 is 2.05 bits per heavy atom. The molecule has 106 valence electrons. The van der Waals surface area contributed by atoms with Crippen molar-refractivity contribution in [3.8, 4) is 0 Å². The molecule has 0 aliphatic carbocycles. The van der Waals surface area contributed by atoms with Crippen LogP contribution in [-0.2, 0) is 17.8 Å². The van der Waals surface area contributed by atoms with Crippen LogP contribution in [0.1, 0.15) is 28.2 Å². The van der Waals surface area contributed by atoms with Crippen molar-refractivity contribution in [3.05, 3.63) is 44.9 Å². The van der Waals surface area contributed by atoms with Crippen LogP contribution in [0.5, 0.6) is 0 Å². The second kappa shape index (κ2) is 5.68. The van der Waals surface area contributed by atoms with Crippen LogP contribution in [0, 0.1) is 20.8 Å². The van der Waals surface area contributed by atoms with Crippen LogP contribution in [0.4, 0.5) is 0 Å². The molecule has 0 aromatic carbocycles. The van der Waals surface area contributed by atoms with Gasteiger partial charge in [-0.05, 0) is 20.8 Å². The molecule has 0 saturated heterocycles. The third kappa shape index (κ3) is 3.11. The lowest BCUT2D eigenvalue weighted by atomic mass is 10.1. The fourth-order valence-electron chi connectivity index (χ4n) is 1.99. The number of hydrogen-bond donors (Lipinski definition) is 3. The predicted molar refractivity (Wildman–Crippen MR) is 73.2 cm³/mol. The van der Waals surface area contributed by atoms with Crippen molar-refractivity contribution < 1.29 is 4.79 Å². The minimum Gasteiger partial charge on any atom is -0.352 e. The minimum atomic E-state index is -0.391. The highest BCUT2D eigenvalue weighted by atomic mass is 16.1. The number of nitrogens with one attached hydrogen (secondary N) is 3. The first-order valence-corrected chi connectivity index (χ1v) is 6.29. The summed E-state index contributed by atoms with van der Waals surface area (Å²) in [5.41, 5.74) is 3.51. The molecule has 2 aromatic rings. The van der Waals surface area contributed by atoms with E-state index in [1.54, 1.807) is 20.0 Å². The smallest absolute Gasteiger partial charge is 0.345 e. The Bertz CT molecular complexity index is 660. The van der Waals surface area contributed by atoms with Crippen molar-refractivity contribution in [1.82, 2.24) is 25.5 Å². The van der Waals surface area contributed by atoms with Gasteiger partial charge in [-0.1, -0.05) is 0 Å². The molecule has 1 amide bonds. The quantitative estimate of drug-likeness (QED) is 0.745. The molecule has 0 radical (unpaired) electrons. The maximum atomic E-state index is 11.9. The molecule has 0 aliphatic heterocycles. The van der Waals surface area contributed by atoms with Gasteiger partial charge in [0, 0.05) is 34.8 Å². The third-order valence-electron chi connectivity index (χ3n) is 3.20. The van der Waals surface area contributed by atoms with Gasteiger partial charge in [0.25, 0.3) is 0 Å². The first-order chi connectivity index (χ1) is 9.47. The van der Waals surface area contributed by atoms with Gasteiger partial charge < -0.3 is 10.3 Å². The summed E-state index contributed by atoms with van der Waals surface area (Å²) in [5, 5.41) is 9.54. The fraction of sp³-hybridized carbons (Fsp3) is 0.385. The summed E-state index contributed by atoms with van der Waals surface area (Å²) in [6.45, 7) is 5.81. The van der Waals surface area contributed by atoms with E-state index in [4.69, 9.17) is 0 Å². The van der Waals surface area contributed by atoms with E-state index in [0.717, 1.165) is 16.8 Å². The summed E-state index contributed by atoms with van der Waals surface area (Å²) in [4.78, 5) is 29.5. The number of carbonyl (C=O) groups is 1. The maximum absolute atomic E-state index is 11.9. The van der Waals surface area contributed by atoms with E-state index in [0.29, 0.717) is 17.9 Å². The first kappa shape index (κ1) is 14.0. The van der Waals surface area contributed by atoms with Crippen molar-refractivity contribution in [3.63, 3.8) is 0 Å². The highest BCUT2D eigenvalue weighted by molar-refractivity contribution is 5.79. The van der Waals surface area contributed by atoms with Crippen LogP contribution in [0.2, 0.25) is 0 Å². The largest absolute Gasteiger partial charge is 0.352 e.